The normalized spacial score (nSPS) is 16.4. The molecule has 1 heterocycles. The molecule has 2 rings (SSSR count). The van der Waals surface area contributed by atoms with Gasteiger partial charge in [-0.1, -0.05) is 36.4 Å². The summed E-state index contributed by atoms with van der Waals surface area (Å²) in [5.41, 5.74) is 3.38. The Bertz CT molecular complexity index is 768. The van der Waals surface area contributed by atoms with Crippen molar-refractivity contribution in [3.05, 3.63) is 58.8 Å². The van der Waals surface area contributed by atoms with Crippen LogP contribution < -0.4 is 10.6 Å². The van der Waals surface area contributed by atoms with E-state index >= 15 is 0 Å². The predicted octanol–water partition coefficient (Wildman–Crippen LogP) is 2.45. The monoisotopic (exact) mass is 374 g/mol. The third-order valence-electron chi connectivity index (χ3n) is 3.80. The van der Waals surface area contributed by atoms with E-state index in [1.807, 2.05) is 31.2 Å². The van der Waals surface area contributed by atoms with E-state index in [2.05, 4.69) is 17.2 Å². The summed E-state index contributed by atoms with van der Waals surface area (Å²) in [7, 11) is 0. The fourth-order valence-corrected chi connectivity index (χ4v) is 2.71. The number of rotatable bonds is 6. The molecule has 1 unspecified atom stereocenters. The maximum atomic E-state index is 12.6. The molecule has 0 fully saturated rings. The number of hydrogen-bond acceptors (Lipinski definition) is 5. The van der Waals surface area contributed by atoms with E-state index in [-0.39, 0.29) is 13.2 Å². The van der Waals surface area contributed by atoms with Crippen LogP contribution in [0.3, 0.4) is 0 Å². The van der Waals surface area contributed by atoms with Gasteiger partial charge in [0.05, 0.1) is 11.6 Å². The molecule has 0 amide bonds. The van der Waals surface area contributed by atoms with Crippen molar-refractivity contribution in [2.45, 2.75) is 26.8 Å². The van der Waals surface area contributed by atoms with Crippen LogP contribution in [0.1, 0.15) is 31.0 Å². The molecule has 0 aromatic heterocycles. The number of esters is 2. The maximum absolute atomic E-state index is 12.6. The van der Waals surface area contributed by atoms with Crippen molar-refractivity contribution >= 4 is 29.3 Å². The Kier molecular flexibility index (Phi) is 6.52. The lowest BCUT2D eigenvalue weighted by atomic mass is 9.95. The number of carbonyl (C=O) groups excluding carboxylic acids is 2. The molecule has 138 valence electrons. The van der Waals surface area contributed by atoms with Gasteiger partial charge in [-0.15, -0.1) is 0 Å². The highest BCUT2D eigenvalue weighted by atomic mass is 32.1. The molecule has 0 bridgehead atoms. The molecule has 0 spiro atoms. The molecule has 1 aromatic carbocycles. The average Bonchev–Trinajstić information content (AvgIpc) is 2.58. The lowest BCUT2D eigenvalue weighted by molar-refractivity contribution is -0.147. The molecular formula is C19H22N2O4S. The molecule has 0 saturated heterocycles. The van der Waals surface area contributed by atoms with Crippen LogP contribution in [0.15, 0.2) is 47.7 Å². The van der Waals surface area contributed by atoms with Gasteiger partial charge in [-0.2, -0.15) is 0 Å². The van der Waals surface area contributed by atoms with Crippen molar-refractivity contribution < 1.29 is 19.1 Å². The van der Waals surface area contributed by atoms with Gasteiger partial charge in [0.25, 0.3) is 0 Å². The minimum Gasteiger partial charge on any atom is -0.459 e. The Morgan fingerprint density at radius 1 is 1.15 bits per heavy atom. The first kappa shape index (κ1) is 19.7. The molecule has 26 heavy (non-hydrogen) atoms. The van der Waals surface area contributed by atoms with Gasteiger partial charge >= 0.3 is 11.9 Å². The van der Waals surface area contributed by atoms with Gasteiger partial charge in [-0.3, -0.25) is 0 Å². The molecule has 1 atom stereocenters. The number of nitrogens with one attached hydrogen (secondary N) is 2. The second-order valence-corrected chi connectivity index (χ2v) is 6.44. The van der Waals surface area contributed by atoms with Crippen LogP contribution in [0.2, 0.25) is 0 Å². The summed E-state index contributed by atoms with van der Waals surface area (Å²) in [4.78, 5) is 23.9. The third kappa shape index (κ3) is 4.92. The SMILES string of the molecule is C=C(C)C(=O)OCCOC(=O)C1=C(C)NC(=S)NC1c1ccc(C)cc1. The van der Waals surface area contributed by atoms with Gasteiger partial charge in [0.1, 0.15) is 13.2 Å². The Labute approximate surface area is 158 Å². The number of hydrogen-bond donors (Lipinski definition) is 2. The smallest absolute Gasteiger partial charge is 0.338 e. The van der Waals surface area contributed by atoms with Gasteiger partial charge in [0.2, 0.25) is 0 Å². The number of thiocarbonyl (C=S) groups is 1. The Morgan fingerprint density at radius 3 is 2.38 bits per heavy atom. The lowest BCUT2D eigenvalue weighted by Crippen LogP contribution is -2.45. The molecule has 1 aromatic rings. The highest BCUT2D eigenvalue weighted by Gasteiger charge is 2.30. The second-order valence-electron chi connectivity index (χ2n) is 6.03. The van der Waals surface area contributed by atoms with E-state index < -0.39 is 18.0 Å². The van der Waals surface area contributed by atoms with Crippen molar-refractivity contribution in [3.8, 4) is 0 Å². The van der Waals surface area contributed by atoms with Crippen molar-refractivity contribution in [2.24, 2.45) is 0 Å². The number of benzene rings is 1. The molecule has 0 radical (unpaired) electrons. The molecule has 2 N–H and O–H groups in total. The van der Waals surface area contributed by atoms with Crippen LogP contribution >= 0.6 is 12.2 Å². The average molecular weight is 374 g/mol. The first-order valence-corrected chi connectivity index (χ1v) is 8.55. The molecule has 6 nitrogen and oxygen atoms in total. The Morgan fingerprint density at radius 2 is 1.77 bits per heavy atom. The van der Waals surface area contributed by atoms with Crippen molar-refractivity contribution in [3.63, 3.8) is 0 Å². The van der Waals surface area contributed by atoms with E-state index in [1.165, 1.54) is 0 Å². The zero-order valence-corrected chi connectivity index (χ0v) is 15.9. The minimum absolute atomic E-state index is 0.0295. The van der Waals surface area contributed by atoms with Crippen LogP contribution in [0.4, 0.5) is 0 Å². The highest BCUT2D eigenvalue weighted by molar-refractivity contribution is 7.80. The van der Waals surface area contributed by atoms with Crippen LogP contribution in [0, 0.1) is 6.92 Å². The first-order valence-electron chi connectivity index (χ1n) is 8.14. The quantitative estimate of drug-likeness (QED) is 0.343. The minimum atomic E-state index is -0.514. The van der Waals surface area contributed by atoms with Gasteiger partial charge in [-0.25, -0.2) is 9.59 Å². The van der Waals surface area contributed by atoms with E-state index in [1.54, 1.807) is 13.8 Å². The molecular weight excluding hydrogens is 352 g/mol. The molecule has 1 aliphatic rings. The van der Waals surface area contributed by atoms with Crippen LogP contribution in [-0.2, 0) is 19.1 Å². The summed E-state index contributed by atoms with van der Waals surface area (Å²) in [5, 5.41) is 6.49. The maximum Gasteiger partial charge on any atom is 0.338 e. The lowest BCUT2D eigenvalue weighted by Gasteiger charge is -2.30. The number of ether oxygens (including phenoxy) is 2. The summed E-state index contributed by atoms with van der Waals surface area (Å²) in [5.74, 6) is -1.01. The van der Waals surface area contributed by atoms with Crippen LogP contribution in [0.25, 0.3) is 0 Å². The van der Waals surface area contributed by atoms with E-state index in [0.29, 0.717) is 22.0 Å². The van der Waals surface area contributed by atoms with Gasteiger partial charge in [0.15, 0.2) is 5.11 Å². The summed E-state index contributed by atoms with van der Waals surface area (Å²) in [6, 6.07) is 7.41. The van der Waals surface area contributed by atoms with Gasteiger partial charge < -0.3 is 20.1 Å². The fourth-order valence-electron chi connectivity index (χ4n) is 2.44. The Balaban J connectivity index is 2.09. The van der Waals surface area contributed by atoms with Crippen molar-refractivity contribution in [1.29, 1.82) is 0 Å². The highest BCUT2D eigenvalue weighted by Crippen LogP contribution is 2.27. The first-order chi connectivity index (χ1) is 12.3. The number of aryl methyl sites for hydroxylation is 1. The largest absolute Gasteiger partial charge is 0.459 e. The molecule has 7 heteroatoms. The Hall–Kier alpha value is -2.67. The zero-order chi connectivity index (χ0) is 19.3. The van der Waals surface area contributed by atoms with Crippen LogP contribution in [0.5, 0.6) is 0 Å². The number of carbonyl (C=O) groups is 2. The summed E-state index contributed by atoms with van der Waals surface area (Å²) >= 11 is 5.21. The predicted molar refractivity (Wildman–Crippen MR) is 102 cm³/mol. The van der Waals surface area contributed by atoms with Gasteiger partial charge in [0, 0.05) is 11.3 Å². The van der Waals surface area contributed by atoms with Crippen molar-refractivity contribution in [1.82, 2.24) is 10.6 Å². The second kappa shape index (κ2) is 8.62. The van der Waals surface area contributed by atoms with E-state index in [4.69, 9.17) is 21.7 Å². The summed E-state index contributed by atoms with van der Waals surface area (Å²) < 4.78 is 10.2. The summed E-state index contributed by atoms with van der Waals surface area (Å²) in [6.07, 6.45) is 0. The molecule has 0 saturated carbocycles. The fraction of sp³-hybridized carbons (Fsp3) is 0.316. The van der Waals surface area contributed by atoms with Gasteiger partial charge in [-0.05, 0) is 38.6 Å². The number of allylic oxidation sites excluding steroid dienone is 1. The van der Waals surface area contributed by atoms with E-state index in [9.17, 15) is 9.59 Å². The molecule has 1 aliphatic heterocycles. The van der Waals surface area contributed by atoms with Crippen molar-refractivity contribution in [2.75, 3.05) is 13.2 Å². The summed E-state index contributed by atoms with van der Waals surface area (Å²) in [6.45, 7) is 8.73. The topological polar surface area (TPSA) is 76.7 Å². The standard InChI is InChI=1S/C19H22N2O4S/c1-11(2)17(22)24-9-10-25-18(23)15-13(4)20-19(26)21-16(15)14-7-5-12(3)6-8-14/h5-8,16H,1,9-10H2,2-4H3,(H2,20,21,26). The molecule has 0 aliphatic carbocycles. The zero-order valence-electron chi connectivity index (χ0n) is 15.0. The third-order valence-corrected chi connectivity index (χ3v) is 4.02. The van der Waals surface area contributed by atoms with Crippen LogP contribution in [-0.4, -0.2) is 30.3 Å². The van der Waals surface area contributed by atoms with E-state index in [0.717, 1.165) is 11.1 Å².